The van der Waals surface area contributed by atoms with Gasteiger partial charge in [0.15, 0.2) is 0 Å². The van der Waals surface area contributed by atoms with Crippen molar-refractivity contribution in [3.8, 4) is 0 Å². The topological polar surface area (TPSA) is 15.3 Å². The molecule has 0 radical (unpaired) electrons. The Hall–Kier alpha value is -0.860. The predicted molar refractivity (Wildman–Crippen MR) is 91.7 cm³/mol. The van der Waals surface area contributed by atoms with E-state index >= 15 is 0 Å². The van der Waals surface area contributed by atoms with Crippen molar-refractivity contribution in [2.45, 2.75) is 52.5 Å². The van der Waals surface area contributed by atoms with E-state index in [9.17, 15) is 0 Å². The molecule has 1 aromatic carbocycles. The van der Waals surface area contributed by atoms with E-state index in [4.69, 9.17) is 0 Å². The second-order valence-electron chi connectivity index (χ2n) is 7.25. The van der Waals surface area contributed by atoms with Gasteiger partial charge < -0.3 is 10.2 Å². The van der Waals surface area contributed by atoms with Crippen molar-refractivity contribution >= 4 is 0 Å². The van der Waals surface area contributed by atoms with Crippen LogP contribution in [-0.2, 0) is 6.42 Å². The zero-order valence-electron chi connectivity index (χ0n) is 14.1. The SMILES string of the molecule is CCC(C)(C)CNC1CCN(CCc2ccccc2)CC1. The molecular formula is C19H32N2. The van der Waals surface area contributed by atoms with Gasteiger partial charge in [0, 0.05) is 19.1 Å². The molecule has 1 saturated heterocycles. The zero-order chi connectivity index (χ0) is 15.1. The normalized spacial score (nSPS) is 18.0. The highest BCUT2D eigenvalue weighted by Gasteiger charge is 2.21. The Bertz CT molecular complexity index is 391. The molecular weight excluding hydrogens is 256 g/mol. The number of nitrogens with one attached hydrogen (secondary N) is 1. The lowest BCUT2D eigenvalue weighted by Crippen LogP contribution is -2.45. The minimum Gasteiger partial charge on any atom is -0.313 e. The van der Waals surface area contributed by atoms with Crippen LogP contribution in [0, 0.1) is 5.41 Å². The van der Waals surface area contributed by atoms with Crippen LogP contribution in [0.1, 0.15) is 45.6 Å². The molecule has 1 aliphatic rings. The number of hydrogen-bond acceptors (Lipinski definition) is 2. The Kier molecular flexibility index (Phi) is 6.25. The maximum Gasteiger partial charge on any atom is 0.00916 e. The third-order valence-electron chi connectivity index (χ3n) is 4.97. The largest absolute Gasteiger partial charge is 0.313 e. The van der Waals surface area contributed by atoms with E-state index < -0.39 is 0 Å². The fourth-order valence-electron chi connectivity index (χ4n) is 2.84. The molecule has 1 N–H and O–H groups in total. The first-order valence-corrected chi connectivity index (χ1v) is 8.59. The Balaban J connectivity index is 1.64. The summed E-state index contributed by atoms with van der Waals surface area (Å²) in [6, 6.07) is 11.6. The van der Waals surface area contributed by atoms with Crippen molar-refractivity contribution in [3.63, 3.8) is 0 Å². The summed E-state index contributed by atoms with van der Waals surface area (Å²) in [6.45, 7) is 11.8. The summed E-state index contributed by atoms with van der Waals surface area (Å²) < 4.78 is 0. The van der Waals surface area contributed by atoms with E-state index in [2.05, 4.69) is 61.3 Å². The van der Waals surface area contributed by atoms with E-state index in [0.717, 1.165) is 12.6 Å². The zero-order valence-corrected chi connectivity index (χ0v) is 14.1. The maximum absolute atomic E-state index is 3.78. The molecule has 1 heterocycles. The first-order chi connectivity index (χ1) is 10.1. The van der Waals surface area contributed by atoms with Crippen LogP contribution >= 0.6 is 0 Å². The number of benzene rings is 1. The fraction of sp³-hybridized carbons (Fsp3) is 0.684. The first-order valence-electron chi connectivity index (χ1n) is 8.59. The summed E-state index contributed by atoms with van der Waals surface area (Å²) in [5, 5.41) is 3.78. The molecule has 0 bridgehead atoms. The lowest BCUT2D eigenvalue weighted by atomic mass is 9.89. The van der Waals surface area contributed by atoms with Crippen molar-refractivity contribution in [1.82, 2.24) is 10.2 Å². The number of piperidine rings is 1. The van der Waals surface area contributed by atoms with Gasteiger partial charge in [-0.15, -0.1) is 0 Å². The Morgan fingerprint density at radius 2 is 1.81 bits per heavy atom. The molecule has 0 atom stereocenters. The fourth-order valence-corrected chi connectivity index (χ4v) is 2.84. The van der Waals surface area contributed by atoms with E-state index in [1.165, 1.54) is 50.9 Å². The molecule has 0 unspecified atom stereocenters. The van der Waals surface area contributed by atoms with Crippen LogP contribution in [0.3, 0.4) is 0 Å². The van der Waals surface area contributed by atoms with E-state index in [0.29, 0.717) is 5.41 Å². The lowest BCUT2D eigenvalue weighted by molar-refractivity contribution is 0.188. The maximum atomic E-state index is 3.78. The summed E-state index contributed by atoms with van der Waals surface area (Å²) in [5.74, 6) is 0. The van der Waals surface area contributed by atoms with Gasteiger partial charge in [-0.05, 0) is 49.8 Å². The minimum absolute atomic E-state index is 0.435. The van der Waals surface area contributed by atoms with Crippen molar-refractivity contribution in [2.75, 3.05) is 26.2 Å². The van der Waals surface area contributed by atoms with Crippen LogP contribution in [0.2, 0.25) is 0 Å². The summed E-state index contributed by atoms with van der Waals surface area (Å²) in [5.41, 5.74) is 1.90. The van der Waals surface area contributed by atoms with E-state index in [1.807, 2.05) is 0 Å². The molecule has 1 aliphatic heterocycles. The molecule has 2 rings (SSSR count). The molecule has 0 aliphatic carbocycles. The molecule has 2 nitrogen and oxygen atoms in total. The number of hydrogen-bond donors (Lipinski definition) is 1. The molecule has 1 aromatic rings. The third kappa shape index (κ3) is 5.80. The second-order valence-corrected chi connectivity index (χ2v) is 7.25. The molecule has 2 heteroatoms. The standard InChI is InChI=1S/C19H32N2/c1-4-19(2,3)16-20-18-11-14-21(15-12-18)13-10-17-8-6-5-7-9-17/h5-9,18,20H,4,10-16H2,1-3H3. The molecule has 21 heavy (non-hydrogen) atoms. The van der Waals surface area contributed by atoms with Crippen LogP contribution in [-0.4, -0.2) is 37.1 Å². The highest BCUT2D eigenvalue weighted by molar-refractivity contribution is 5.14. The van der Waals surface area contributed by atoms with Crippen LogP contribution in [0.5, 0.6) is 0 Å². The average molecular weight is 288 g/mol. The highest BCUT2D eigenvalue weighted by atomic mass is 15.1. The van der Waals surface area contributed by atoms with Crippen molar-refractivity contribution in [2.24, 2.45) is 5.41 Å². The average Bonchev–Trinajstić information content (AvgIpc) is 2.53. The van der Waals surface area contributed by atoms with Crippen LogP contribution in [0.25, 0.3) is 0 Å². The molecule has 0 saturated carbocycles. The van der Waals surface area contributed by atoms with Crippen LogP contribution < -0.4 is 5.32 Å². The Labute approximate surface area is 130 Å². The number of rotatable bonds is 7. The lowest BCUT2D eigenvalue weighted by Gasteiger charge is -2.34. The summed E-state index contributed by atoms with van der Waals surface area (Å²) in [4.78, 5) is 2.62. The molecule has 0 amide bonds. The monoisotopic (exact) mass is 288 g/mol. The molecule has 0 spiro atoms. The van der Waals surface area contributed by atoms with Gasteiger partial charge in [-0.25, -0.2) is 0 Å². The van der Waals surface area contributed by atoms with Gasteiger partial charge in [0.25, 0.3) is 0 Å². The van der Waals surface area contributed by atoms with Gasteiger partial charge in [-0.1, -0.05) is 51.1 Å². The second kappa shape index (κ2) is 7.95. The Morgan fingerprint density at radius 3 is 2.43 bits per heavy atom. The van der Waals surface area contributed by atoms with Gasteiger partial charge >= 0.3 is 0 Å². The van der Waals surface area contributed by atoms with Crippen molar-refractivity contribution in [1.29, 1.82) is 0 Å². The molecule has 1 fully saturated rings. The summed E-state index contributed by atoms with van der Waals surface area (Å²) >= 11 is 0. The summed E-state index contributed by atoms with van der Waals surface area (Å²) in [7, 11) is 0. The van der Waals surface area contributed by atoms with Gasteiger partial charge in [0.1, 0.15) is 0 Å². The number of likely N-dealkylation sites (tertiary alicyclic amines) is 1. The molecule has 0 aromatic heterocycles. The number of nitrogens with zero attached hydrogens (tertiary/aromatic N) is 1. The summed E-state index contributed by atoms with van der Waals surface area (Å²) in [6.07, 6.45) is 5.03. The quantitative estimate of drug-likeness (QED) is 0.822. The van der Waals surface area contributed by atoms with Gasteiger partial charge in [0.2, 0.25) is 0 Å². The van der Waals surface area contributed by atoms with Crippen molar-refractivity contribution in [3.05, 3.63) is 35.9 Å². The minimum atomic E-state index is 0.435. The highest BCUT2D eigenvalue weighted by Crippen LogP contribution is 2.19. The predicted octanol–water partition coefficient (Wildman–Crippen LogP) is 3.72. The van der Waals surface area contributed by atoms with Crippen molar-refractivity contribution < 1.29 is 0 Å². The van der Waals surface area contributed by atoms with Crippen LogP contribution in [0.4, 0.5) is 0 Å². The third-order valence-corrected chi connectivity index (χ3v) is 4.97. The van der Waals surface area contributed by atoms with Gasteiger partial charge in [0.05, 0.1) is 0 Å². The van der Waals surface area contributed by atoms with E-state index in [1.54, 1.807) is 0 Å². The molecule has 118 valence electrons. The smallest absolute Gasteiger partial charge is 0.00916 e. The van der Waals surface area contributed by atoms with Gasteiger partial charge in [-0.2, -0.15) is 0 Å². The van der Waals surface area contributed by atoms with Gasteiger partial charge in [-0.3, -0.25) is 0 Å². The van der Waals surface area contributed by atoms with E-state index in [-0.39, 0.29) is 0 Å². The Morgan fingerprint density at radius 1 is 1.14 bits per heavy atom. The first kappa shape index (κ1) is 16.5. The van der Waals surface area contributed by atoms with Crippen LogP contribution in [0.15, 0.2) is 30.3 Å².